The number of imidazole rings is 1. The van der Waals surface area contributed by atoms with Crippen LogP contribution in [0.25, 0.3) is 11.0 Å². The molecule has 3 unspecified atom stereocenters. The van der Waals surface area contributed by atoms with Crippen LogP contribution in [-0.2, 0) is 11.3 Å². The number of amides is 1. The second kappa shape index (κ2) is 6.27. The van der Waals surface area contributed by atoms with Crippen molar-refractivity contribution in [3.63, 3.8) is 0 Å². The van der Waals surface area contributed by atoms with Gasteiger partial charge in [0.1, 0.15) is 0 Å². The third-order valence-corrected chi connectivity index (χ3v) is 4.92. The Balaban J connectivity index is 1.30. The van der Waals surface area contributed by atoms with Gasteiger partial charge in [-0.15, -0.1) is 0 Å². The van der Waals surface area contributed by atoms with Gasteiger partial charge in [-0.05, 0) is 31.4 Å². The number of rotatable bonds is 4. The highest BCUT2D eigenvalue weighted by atomic mass is 16.1. The lowest BCUT2D eigenvalue weighted by Crippen LogP contribution is -2.44. The fourth-order valence-electron chi connectivity index (χ4n) is 3.60. The number of carbonyl (C=O) groups excluding carboxylic acids is 1. The fraction of sp³-hybridized carbons (Fsp3) is 0.500. The van der Waals surface area contributed by atoms with Crippen LogP contribution >= 0.6 is 0 Å². The number of hydrogen-bond donors (Lipinski definition) is 4. The lowest BCUT2D eigenvalue weighted by molar-refractivity contribution is -0.126. The summed E-state index contributed by atoms with van der Waals surface area (Å²) in [5.41, 5.74) is 11.4. The second-order valence-electron chi connectivity index (χ2n) is 6.35. The first-order valence-electron chi connectivity index (χ1n) is 8.25. The highest BCUT2D eigenvalue weighted by molar-refractivity contribution is 5.79. The molecule has 122 valence electrons. The molecule has 2 fully saturated rings. The van der Waals surface area contributed by atoms with Crippen LogP contribution in [0.2, 0.25) is 0 Å². The van der Waals surface area contributed by atoms with Crippen LogP contribution in [0.15, 0.2) is 30.6 Å². The lowest BCUT2D eigenvalue weighted by Gasteiger charge is -2.29. The normalized spacial score (nSPS) is 27.0. The van der Waals surface area contributed by atoms with E-state index >= 15 is 0 Å². The molecular weight excluding hydrogens is 292 g/mol. The second-order valence-corrected chi connectivity index (χ2v) is 6.35. The summed E-state index contributed by atoms with van der Waals surface area (Å²) in [7, 11) is 0. The smallest absolute Gasteiger partial charge is 0.223 e. The predicted octanol–water partition coefficient (Wildman–Crippen LogP) is 0.302. The zero-order valence-electron chi connectivity index (χ0n) is 13.0. The highest BCUT2D eigenvalue weighted by Crippen LogP contribution is 2.25. The summed E-state index contributed by atoms with van der Waals surface area (Å²) in [4.78, 5) is 16.7. The number of para-hydroxylation sites is 2. The van der Waals surface area contributed by atoms with E-state index < -0.39 is 0 Å². The van der Waals surface area contributed by atoms with Gasteiger partial charge in [0.05, 0.1) is 17.4 Å². The van der Waals surface area contributed by atoms with Crippen molar-refractivity contribution in [3.8, 4) is 0 Å². The molecule has 1 aliphatic heterocycles. The zero-order chi connectivity index (χ0) is 15.6. The summed E-state index contributed by atoms with van der Waals surface area (Å²) in [6.07, 6.45) is 4.68. The van der Waals surface area contributed by atoms with Crippen molar-refractivity contribution in [2.24, 2.45) is 5.92 Å². The molecule has 1 aliphatic carbocycles. The SMILES string of the molecule is O=C(NCCn1cnc2ccccc21)C1CCC2NNNC2C1. The molecule has 1 saturated carbocycles. The van der Waals surface area contributed by atoms with Crippen molar-refractivity contribution in [2.45, 2.75) is 37.9 Å². The van der Waals surface area contributed by atoms with Gasteiger partial charge in [0.15, 0.2) is 0 Å². The first-order chi connectivity index (χ1) is 11.3. The van der Waals surface area contributed by atoms with E-state index in [2.05, 4.69) is 37.3 Å². The third-order valence-electron chi connectivity index (χ3n) is 4.92. The molecule has 7 heteroatoms. The largest absolute Gasteiger partial charge is 0.354 e. The van der Waals surface area contributed by atoms with Gasteiger partial charge in [0.25, 0.3) is 0 Å². The van der Waals surface area contributed by atoms with Crippen LogP contribution in [0.5, 0.6) is 0 Å². The summed E-state index contributed by atoms with van der Waals surface area (Å²) in [5.74, 6) is 0.270. The maximum atomic E-state index is 12.4. The minimum Gasteiger partial charge on any atom is -0.354 e. The summed E-state index contributed by atoms with van der Waals surface area (Å²) in [6.45, 7) is 1.38. The fourth-order valence-corrected chi connectivity index (χ4v) is 3.60. The Bertz CT molecular complexity index is 699. The molecule has 2 aliphatic rings. The van der Waals surface area contributed by atoms with Crippen molar-refractivity contribution in [2.75, 3.05) is 6.54 Å². The quantitative estimate of drug-likeness (QED) is 0.653. The molecule has 3 atom stereocenters. The number of hydrazine groups is 2. The number of aromatic nitrogens is 2. The maximum absolute atomic E-state index is 12.4. The number of fused-ring (bicyclic) bond motifs is 2. The van der Waals surface area contributed by atoms with Gasteiger partial charge < -0.3 is 9.88 Å². The first-order valence-corrected chi connectivity index (χ1v) is 8.25. The van der Waals surface area contributed by atoms with Gasteiger partial charge in [0.2, 0.25) is 5.91 Å². The Kier molecular flexibility index (Phi) is 3.99. The van der Waals surface area contributed by atoms with Crippen LogP contribution in [-0.4, -0.2) is 34.1 Å². The molecule has 4 N–H and O–H groups in total. The molecule has 0 radical (unpaired) electrons. The van der Waals surface area contributed by atoms with Crippen molar-refractivity contribution >= 4 is 16.9 Å². The van der Waals surface area contributed by atoms with Gasteiger partial charge in [-0.2, -0.15) is 5.53 Å². The van der Waals surface area contributed by atoms with E-state index in [4.69, 9.17) is 0 Å². The van der Waals surface area contributed by atoms with Crippen molar-refractivity contribution in [1.82, 2.24) is 31.3 Å². The van der Waals surface area contributed by atoms with Gasteiger partial charge >= 0.3 is 0 Å². The van der Waals surface area contributed by atoms with E-state index in [9.17, 15) is 4.79 Å². The van der Waals surface area contributed by atoms with E-state index in [0.717, 1.165) is 36.8 Å². The molecule has 4 rings (SSSR count). The summed E-state index contributed by atoms with van der Waals surface area (Å²) in [5, 5.41) is 3.08. The highest BCUT2D eigenvalue weighted by Gasteiger charge is 2.36. The molecule has 1 aromatic heterocycles. The molecule has 2 heterocycles. The first kappa shape index (κ1) is 14.6. The van der Waals surface area contributed by atoms with E-state index in [-0.39, 0.29) is 11.8 Å². The molecule has 1 amide bonds. The molecule has 1 saturated heterocycles. The molecule has 0 spiro atoms. The number of carbonyl (C=O) groups is 1. The molecule has 1 aromatic carbocycles. The monoisotopic (exact) mass is 314 g/mol. The Morgan fingerprint density at radius 2 is 2.13 bits per heavy atom. The predicted molar refractivity (Wildman–Crippen MR) is 87.1 cm³/mol. The average molecular weight is 314 g/mol. The molecule has 7 nitrogen and oxygen atoms in total. The Labute approximate surface area is 134 Å². The molecule has 0 bridgehead atoms. The lowest BCUT2D eigenvalue weighted by atomic mass is 9.82. The zero-order valence-corrected chi connectivity index (χ0v) is 13.0. The van der Waals surface area contributed by atoms with Gasteiger partial charge in [0, 0.05) is 31.1 Å². The van der Waals surface area contributed by atoms with Gasteiger partial charge in [-0.25, -0.2) is 15.8 Å². The molecule has 2 aromatic rings. The standard InChI is InChI=1S/C16H22N6O/c23-16(11-5-6-12-14(9-11)20-21-19-12)17-7-8-22-10-18-13-3-1-2-4-15(13)22/h1-4,10-12,14,19-21H,5-9H2,(H,17,23). The van der Waals surface area contributed by atoms with E-state index in [1.807, 2.05) is 24.5 Å². The number of benzene rings is 1. The number of nitrogens with zero attached hydrogens (tertiary/aromatic N) is 2. The Morgan fingerprint density at radius 3 is 3.09 bits per heavy atom. The van der Waals surface area contributed by atoms with E-state index in [1.54, 1.807) is 0 Å². The summed E-state index contributed by atoms with van der Waals surface area (Å²) >= 11 is 0. The van der Waals surface area contributed by atoms with Crippen molar-refractivity contribution in [3.05, 3.63) is 30.6 Å². The van der Waals surface area contributed by atoms with E-state index in [1.165, 1.54) is 0 Å². The summed E-state index contributed by atoms with van der Waals surface area (Å²) in [6, 6.07) is 8.83. The van der Waals surface area contributed by atoms with Crippen LogP contribution in [0.4, 0.5) is 0 Å². The molecule has 23 heavy (non-hydrogen) atoms. The number of hydrogen-bond acceptors (Lipinski definition) is 5. The van der Waals surface area contributed by atoms with Gasteiger partial charge in [-0.3, -0.25) is 4.79 Å². The third kappa shape index (κ3) is 2.95. The minimum atomic E-state index is 0.102. The van der Waals surface area contributed by atoms with Crippen LogP contribution in [0, 0.1) is 5.92 Å². The molecular formula is C16H22N6O. The minimum absolute atomic E-state index is 0.102. The number of nitrogens with one attached hydrogen (secondary N) is 4. The van der Waals surface area contributed by atoms with Crippen LogP contribution in [0.3, 0.4) is 0 Å². The van der Waals surface area contributed by atoms with Crippen LogP contribution < -0.4 is 21.7 Å². The Morgan fingerprint density at radius 1 is 1.26 bits per heavy atom. The van der Waals surface area contributed by atoms with Crippen molar-refractivity contribution < 1.29 is 4.79 Å². The summed E-state index contributed by atoms with van der Waals surface area (Å²) < 4.78 is 2.08. The van der Waals surface area contributed by atoms with Gasteiger partial charge in [-0.1, -0.05) is 12.1 Å². The Hall–Kier alpha value is -1.96. The van der Waals surface area contributed by atoms with Crippen LogP contribution in [0.1, 0.15) is 19.3 Å². The van der Waals surface area contributed by atoms with E-state index in [0.29, 0.717) is 18.6 Å². The maximum Gasteiger partial charge on any atom is 0.223 e. The topological polar surface area (TPSA) is 83.0 Å². The van der Waals surface area contributed by atoms with Crippen molar-refractivity contribution in [1.29, 1.82) is 0 Å². The average Bonchev–Trinajstić information content (AvgIpc) is 3.21.